The Balaban J connectivity index is 0. The Morgan fingerprint density at radius 2 is 0.526 bits per heavy atom. The molecule has 0 fully saturated rings. The molecule has 7 rings (SSSR count). The van der Waals surface area contributed by atoms with Gasteiger partial charge >= 0.3 is 22.5 Å². The first-order valence-electron chi connectivity index (χ1n) is 21.8. The van der Waals surface area contributed by atoms with Crippen LogP contribution in [0.3, 0.4) is 0 Å². The standard InChI is InChI=1S/3C10H10N4.C9H6O6.4C3H7NO.Ni/c3*11-7-1-3-13-9(5-7)10-6-8(12)2-4-14-10;10-7(11)4-1-5(8(12)13)3-6(2-4)9(14)15;4*1-4(2)3-5;/h3*1-6H,(H2,11,13)(H2,12,14);1-3H,(H,10,11)(H,12,13)(H,14,15);4*3H,1-2H3;/q;;;;;;;;+2/p-2. The Bertz CT molecular complexity index is 2500. The van der Waals surface area contributed by atoms with E-state index in [0.717, 1.165) is 78.0 Å². The molecule has 0 aliphatic carbocycles. The Labute approximate surface area is 460 Å². The Morgan fingerprint density at radius 3 is 0.641 bits per heavy atom. The minimum Gasteiger partial charge on any atom is -0.545 e. The molecular weight excluding hydrogens is 1060 g/mol. The second-order valence-electron chi connectivity index (χ2n) is 15.8. The molecule has 416 valence electrons. The number of nitrogen functional groups attached to an aromatic ring is 6. The minimum absolute atomic E-state index is 0. The van der Waals surface area contributed by atoms with Gasteiger partial charge in [-0.1, -0.05) is 0 Å². The third kappa shape index (κ3) is 31.3. The number of aromatic carboxylic acids is 3. The quantitative estimate of drug-likeness (QED) is 0.0737. The molecule has 0 aliphatic rings. The normalized spacial score (nSPS) is 8.97. The third-order valence-corrected chi connectivity index (χ3v) is 7.99. The zero-order valence-corrected chi connectivity index (χ0v) is 44.8. The van der Waals surface area contributed by atoms with Crippen molar-refractivity contribution in [2.75, 3.05) is 90.8 Å². The van der Waals surface area contributed by atoms with E-state index in [4.69, 9.17) is 39.5 Å². The zero-order valence-electron chi connectivity index (χ0n) is 43.8. The van der Waals surface area contributed by atoms with Crippen LogP contribution in [0, 0.1) is 0 Å². The number of hydrogen-bond donors (Lipinski definition) is 7. The number of rotatable bonds is 10. The summed E-state index contributed by atoms with van der Waals surface area (Å²) in [4.78, 5) is 99.8. The van der Waals surface area contributed by atoms with Gasteiger partial charge in [0.05, 0.1) is 51.7 Å². The minimum atomic E-state index is -1.65. The number of aromatic nitrogens is 6. The van der Waals surface area contributed by atoms with E-state index in [1.165, 1.54) is 19.6 Å². The maximum Gasteiger partial charge on any atom is 2.00 e. The molecule has 0 saturated carbocycles. The summed E-state index contributed by atoms with van der Waals surface area (Å²) in [6.07, 6.45) is 12.9. The predicted octanol–water partition coefficient (Wildman–Crippen LogP) is 0.851. The molecule has 26 nitrogen and oxygen atoms in total. The Hall–Kier alpha value is -10.3. The first-order chi connectivity index (χ1) is 36.3. The van der Waals surface area contributed by atoms with Crippen LogP contribution in [0.15, 0.2) is 128 Å². The van der Waals surface area contributed by atoms with E-state index in [-0.39, 0.29) is 16.5 Å². The van der Waals surface area contributed by atoms with Crippen molar-refractivity contribution in [2.24, 2.45) is 0 Å². The molecule has 13 N–H and O–H groups in total. The van der Waals surface area contributed by atoms with Gasteiger partial charge in [0.15, 0.2) is 0 Å². The molecule has 6 aromatic heterocycles. The molecule has 0 unspecified atom stereocenters. The molecule has 1 aromatic carbocycles. The van der Waals surface area contributed by atoms with Crippen LogP contribution in [0.4, 0.5) is 34.1 Å². The molecule has 0 spiro atoms. The monoisotopic (exact) mass is 1120 g/mol. The fourth-order valence-corrected chi connectivity index (χ4v) is 4.51. The molecule has 0 aliphatic heterocycles. The van der Waals surface area contributed by atoms with Gasteiger partial charge in [-0.15, -0.1) is 0 Å². The second kappa shape index (κ2) is 38.3. The largest absolute Gasteiger partial charge is 2.00 e. The van der Waals surface area contributed by atoms with Crippen LogP contribution in [-0.2, 0) is 35.7 Å². The van der Waals surface area contributed by atoms with Gasteiger partial charge in [0.1, 0.15) is 0 Å². The molecule has 0 radical (unpaired) electrons. The van der Waals surface area contributed by atoms with Crippen LogP contribution in [0.25, 0.3) is 34.2 Å². The Kier molecular flexibility index (Phi) is 34.3. The first kappa shape index (κ1) is 69.8. The van der Waals surface area contributed by atoms with Crippen molar-refractivity contribution in [3.8, 4) is 34.2 Å². The first-order valence-corrected chi connectivity index (χ1v) is 21.8. The van der Waals surface area contributed by atoms with E-state index in [2.05, 4.69) is 29.9 Å². The van der Waals surface area contributed by atoms with Crippen LogP contribution in [0.5, 0.6) is 0 Å². The van der Waals surface area contributed by atoms with Crippen LogP contribution >= 0.6 is 0 Å². The predicted molar refractivity (Wildman–Crippen MR) is 290 cm³/mol. The summed E-state index contributed by atoms with van der Waals surface area (Å²) in [5.41, 5.74) is 40.7. The van der Waals surface area contributed by atoms with Crippen molar-refractivity contribution in [1.29, 1.82) is 0 Å². The van der Waals surface area contributed by atoms with Crippen molar-refractivity contribution >= 4 is 77.7 Å². The maximum absolute atomic E-state index is 10.5. The number of nitrogens with two attached hydrogens (primary N) is 6. The molecule has 6 heterocycles. The SMILES string of the molecule is CN(C)C=O.CN(C)C=O.CN(C)C=O.CN(C)C=O.Nc1ccnc(-c2cc(N)ccn2)c1.Nc1ccnc(-c2cc(N)ccn2)c1.Nc1ccnc(-c2cc(N)ccn2)c1.O=C([O-])c1cc(C(=O)[O-])cc(C(=O)O)c1.[Ni+2]. The number of nitrogens with zero attached hydrogens (tertiary/aromatic N) is 10. The number of pyridine rings is 6. The molecular formula is C51H62N16NiO10. The summed E-state index contributed by atoms with van der Waals surface area (Å²) in [5.74, 6) is -4.73. The average molecular weight is 1120 g/mol. The number of amides is 4. The second-order valence-corrected chi connectivity index (χ2v) is 15.8. The van der Waals surface area contributed by atoms with Crippen molar-refractivity contribution in [3.05, 3.63) is 145 Å². The zero-order chi connectivity index (χ0) is 58.6. The summed E-state index contributed by atoms with van der Waals surface area (Å²) in [6.45, 7) is 0. The Morgan fingerprint density at radius 1 is 0.372 bits per heavy atom. The molecule has 0 bridgehead atoms. The summed E-state index contributed by atoms with van der Waals surface area (Å²) in [7, 11) is 13.5. The number of benzene rings is 1. The van der Waals surface area contributed by atoms with Crippen molar-refractivity contribution in [2.45, 2.75) is 0 Å². The van der Waals surface area contributed by atoms with Gasteiger partial charge in [-0.3, -0.25) is 49.1 Å². The summed E-state index contributed by atoms with van der Waals surface area (Å²) < 4.78 is 0. The number of carboxylic acids is 3. The van der Waals surface area contributed by atoms with E-state index in [1.54, 1.807) is 166 Å². The molecule has 7 aromatic rings. The van der Waals surface area contributed by atoms with E-state index >= 15 is 0 Å². The number of carbonyl (C=O) groups excluding carboxylic acids is 6. The fraction of sp³-hybridized carbons (Fsp3) is 0.157. The summed E-state index contributed by atoms with van der Waals surface area (Å²) in [6, 6.07) is 23.4. The van der Waals surface area contributed by atoms with Crippen molar-refractivity contribution in [3.63, 3.8) is 0 Å². The number of hydrogen-bond acceptors (Lipinski definition) is 21. The van der Waals surface area contributed by atoms with Gasteiger partial charge < -0.3 is 78.9 Å². The molecule has 78 heavy (non-hydrogen) atoms. The van der Waals surface area contributed by atoms with Gasteiger partial charge in [-0.2, -0.15) is 0 Å². The van der Waals surface area contributed by atoms with Crippen molar-refractivity contribution in [1.82, 2.24) is 49.5 Å². The molecule has 0 atom stereocenters. The van der Waals surface area contributed by atoms with Gasteiger partial charge in [0, 0.05) is 128 Å². The average Bonchev–Trinajstić information content (AvgIpc) is 3.39. The van der Waals surface area contributed by atoms with Crippen LogP contribution in [-0.4, -0.2) is 155 Å². The van der Waals surface area contributed by atoms with Crippen LogP contribution < -0.4 is 44.6 Å². The van der Waals surface area contributed by atoms with E-state index in [9.17, 15) is 43.8 Å². The number of anilines is 6. The molecule has 4 amide bonds. The van der Waals surface area contributed by atoms with Crippen molar-refractivity contribution < 1.29 is 65.4 Å². The summed E-state index contributed by atoms with van der Waals surface area (Å²) in [5, 5.41) is 29.4. The van der Waals surface area contributed by atoms with E-state index < -0.39 is 34.6 Å². The smallest absolute Gasteiger partial charge is 0.545 e. The number of carboxylic acid groups (broad SMARTS) is 3. The van der Waals surface area contributed by atoms with Crippen LogP contribution in [0.2, 0.25) is 0 Å². The van der Waals surface area contributed by atoms with E-state index in [0.29, 0.717) is 34.1 Å². The van der Waals surface area contributed by atoms with Gasteiger partial charge in [0.2, 0.25) is 25.6 Å². The van der Waals surface area contributed by atoms with E-state index in [1.807, 2.05) is 0 Å². The third-order valence-electron chi connectivity index (χ3n) is 7.99. The number of carbonyl (C=O) groups is 7. The maximum atomic E-state index is 10.5. The molecule has 27 heteroatoms. The van der Waals surface area contributed by atoms with Crippen LogP contribution in [0.1, 0.15) is 31.1 Å². The van der Waals surface area contributed by atoms with Gasteiger partial charge in [-0.25, -0.2) is 4.79 Å². The summed E-state index contributed by atoms with van der Waals surface area (Å²) >= 11 is 0. The topological polar surface area (TPSA) is 432 Å². The molecule has 0 saturated heterocycles. The fourth-order valence-electron chi connectivity index (χ4n) is 4.51. The van der Waals surface area contributed by atoms with Gasteiger partial charge in [0.25, 0.3) is 0 Å². The van der Waals surface area contributed by atoms with Gasteiger partial charge in [-0.05, 0) is 102 Å².